The first-order chi connectivity index (χ1) is 10.9. The van der Waals surface area contributed by atoms with Crippen molar-refractivity contribution in [2.24, 2.45) is 0 Å². The van der Waals surface area contributed by atoms with E-state index in [4.69, 9.17) is 5.11 Å². The highest BCUT2D eigenvalue weighted by Gasteiger charge is 2.17. The second kappa shape index (κ2) is 6.96. The number of hydrogen-bond donors (Lipinski definition) is 2. The Labute approximate surface area is 135 Å². The number of aryl methyl sites for hydroxylation is 2. The lowest BCUT2D eigenvalue weighted by Gasteiger charge is -2.17. The van der Waals surface area contributed by atoms with Crippen LogP contribution in [0.2, 0.25) is 0 Å². The van der Waals surface area contributed by atoms with Crippen molar-refractivity contribution < 1.29 is 14.7 Å². The van der Waals surface area contributed by atoms with Gasteiger partial charge in [0.25, 0.3) is 0 Å². The van der Waals surface area contributed by atoms with Gasteiger partial charge in [-0.3, -0.25) is 4.79 Å². The molecule has 5 heteroatoms. The van der Waals surface area contributed by atoms with E-state index in [1.54, 1.807) is 29.8 Å². The van der Waals surface area contributed by atoms with Gasteiger partial charge in [0.2, 0.25) is 5.91 Å². The maximum atomic E-state index is 12.5. The summed E-state index contributed by atoms with van der Waals surface area (Å²) in [5, 5.41) is 11.7. The van der Waals surface area contributed by atoms with Crippen molar-refractivity contribution in [2.45, 2.75) is 26.8 Å². The lowest BCUT2D eigenvalue weighted by Crippen LogP contribution is -2.24. The summed E-state index contributed by atoms with van der Waals surface area (Å²) >= 11 is 0. The van der Waals surface area contributed by atoms with Crippen LogP contribution in [0.1, 0.15) is 29.8 Å². The fourth-order valence-electron chi connectivity index (χ4n) is 2.29. The molecule has 0 saturated heterocycles. The number of carboxylic acids is 1. The Morgan fingerprint density at radius 3 is 2.70 bits per heavy atom. The molecule has 2 aromatic rings. The number of benzene rings is 1. The molecule has 0 aliphatic rings. The van der Waals surface area contributed by atoms with Crippen molar-refractivity contribution in [3.63, 3.8) is 0 Å². The van der Waals surface area contributed by atoms with E-state index in [1.807, 2.05) is 32.0 Å². The molecule has 1 aromatic heterocycles. The lowest BCUT2D eigenvalue weighted by atomic mass is 10.1. The highest BCUT2D eigenvalue weighted by Crippen LogP contribution is 2.20. The van der Waals surface area contributed by atoms with E-state index in [0.717, 1.165) is 22.9 Å². The van der Waals surface area contributed by atoms with Gasteiger partial charge in [-0.2, -0.15) is 0 Å². The molecule has 1 amide bonds. The van der Waals surface area contributed by atoms with Crippen molar-refractivity contribution >= 4 is 23.6 Å². The number of aliphatic carboxylic acids is 1. The summed E-state index contributed by atoms with van der Waals surface area (Å²) in [4.78, 5) is 23.1. The van der Waals surface area contributed by atoms with Gasteiger partial charge in [0.15, 0.2) is 0 Å². The first-order valence-electron chi connectivity index (χ1n) is 7.34. The molecule has 2 rings (SSSR count). The maximum absolute atomic E-state index is 12.5. The summed E-state index contributed by atoms with van der Waals surface area (Å²) in [5.41, 5.74) is 3.52. The van der Waals surface area contributed by atoms with Crippen LogP contribution in [0.25, 0.3) is 6.08 Å². The van der Waals surface area contributed by atoms with Gasteiger partial charge in [-0.25, -0.2) is 4.79 Å². The molecular formula is C18H20N2O3. The zero-order chi connectivity index (χ0) is 17.0. The molecule has 0 aliphatic heterocycles. The van der Waals surface area contributed by atoms with E-state index >= 15 is 0 Å². The Morgan fingerprint density at radius 1 is 1.26 bits per heavy atom. The standard InChI is InChI=1S/C18H20N2O3/c1-12-6-7-13(2)16(11-12)19-18(23)14(3)20-10-4-5-15(20)8-9-17(21)22/h4-11,14H,1-3H3,(H,19,23)(H,21,22)/b9-8+. The van der Waals surface area contributed by atoms with Crippen molar-refractivity contribution in [1.82, 2.24) is 4.57 Å². The van der Waals surface area contributed by atoms with Crippen molar-refractivity contribution in [2.75, 3.05) is 5.32 Å². The third-order valence-electron chi connectivity index (χ3n) is 3.66. The van der Waals surface area contributed by atoms with Gasteiger partial charge in [-0.05, 0) is 56.2 Å². The van der Waals surface area contributed by atoms with Crippen LogP contribution in [0.3, 0.4) is 0 Å². The van der Waals surface area contributed by atoms with Gasteiger partial charge in [0.05, 0.1) is 0 Å². The third-order valence-corrected chi connectivity index (χ3v) is 3.66. The summed E-state index contributed by atoms with van der Waals surface area (Å²) in [5.74, 6) is -1.18. The Bertz CT molecular complexity index is 759. The highest BCUT2D eigenvalue weighted by atomic mass is 16.4. The largest absolute Gasteiger partial charge is 0.478 e. The number of carbonyl (C=O) groups is 2. The van der Waals surface area contributed by atoms with E-state index < -0.39 is 12.0 Å². The zero-order valence-corrected chi connectivity index (χ0v) is 13.4. The summed E-state index contributed by atoms with van der Waals surface area (Å²) in [6.45, 7) is 5.69. The Balaban J connectivity index is 2.19. The summed E-state index contributed by atoms with van der Waals surface area (Å²) in [6.07, 6.45) is 4.29. The van der Waals surface area contributed by atoms with Crippen LogP contribution in [0.5, 0.6) is 0 Å². The van der Waals surface area contributed by atoms with Gasteiger partial charge in [-0.15, -0.1) is 0 Å². The number of carbonyl (C=O) groups excluding carboxylic acids is 1. The minimum atomic E-state index is -1.02. The van der Waals surface area contributed by atoms with Crippen LogP contribution in [0.4, 0.5) is 5.69 Å². The molecule has 0 aliphatic carbocycles. The van der Waals surface area contributed by atoms with E-state index in [0.29, 0.717) is 5.69 Å². The van der Waals surface area contributed by atoms with Crippen LogP contribution < -0.4 is 5.32 Å². The van der Waals surface area contributed by atoms with E-state index in [2.05, 4.69) is 5.32 Å². The molecule has 5 nitrogen and oxygen atoms in total. The molecule has 2 N–H and O–H groups in total. The average Bonchev–Trinajstić information content (AvgIpc) is 2.96. The minimum Gasteiger partial charge on any atom is -0.478 e. The van der Waals surface area contributed by atoms with Crippen molar-refractivity contribution in [3.8, 4) is 0 Å². The Morgan fingerprint density at radius 2 is 2.00 bits per heavy atom. The van der Waals surface area contributed by atoms with Gasteiger partial charge in [-0.1, -0.05) is 12.1 Å². The van der Waals surface area contributed by atoms with Crippen molar-refractivity contribution in [1.29, 1.82) is 0 Å². The SMILES string of the molecule is Cc1ccc(C)c(NC(=O)C(C)n2cccc2/C=C/C(=O)O)c1. The normalized spacial score (nSPS) is 12.3. The number of anilines is 1. The molecule has 0 radical (unpaired) electrons. The predicted molar refractivity (Wildman–Crippen MR) is 90.4 cm³/mol. The molecule has 0 bridgehead atoms. The number of carboxylic acid groups (broad SMARTS) is 1. The van der Waals surface area contributed by atoms with Gasteiger partial charge in [0.1, 0.15) is 6.04 Å². The maximum Gasteiger partial charge on any atom is 0.328 e. The number of nitrogens with one attached hydrogen (secondary N) is 1. The topological polar surface area (TPSA) is 71.3 Å². The van der Waals surface area contributed by atoms with Crippen LogP contribution in [0, 0.1) is 13.8 Å². The monoisotopic (exact) mass is 312 g/mol. The summed E-state index contributed by atoms with van der Waals surface area (Å²) < 4.78 is 1.74. The van der Waals surface area contributed by atoms with Gasteiger partial charge < -0.3 is 15.0 Å². The minimum absolute atomic E-state index is 0.153. The summed E-state index contributed by atoms with van der Waals surface area (Å²) in [6, 6.07) is 8.98. The fourth-order valence-corrected chi connectivity index (χ4v) is 2.29. The smallest absolute Gasteiger partial charge is 0.328 e. The quantitative estimate of drug-likeness (QED) is 0.831. The molecule has 1 unspecified atom stereocenters. The van der Waals surface area contributed by atoms with Crippen LogP contribution in [-0.4, -0.2) is 21.6 Å². The first-order valence-corrected chi connectivity index (χ1v) is 7.34. The molecular weight excluding hydrogens is 292 g/mol. The third kappa shape index (κ3) is 4.10. The molecule has 1 heterocycles. The Hall–Kier alpha value is -2.82. The first kappa shape index (κ1) is 16.5. The van der Waals surface area contributed by atoms with Gasteiger partial charge >= 0.3 is 5.97 Å². The summed E-state index contributed by atoms with van der Waals surface area (Å²) in [7, 11) is 0. The number of nitrogens with zero attached hydrogens (tertiary/aromatic N) is 1. The number of aromatic nitrogens is 1. The number of rotatable bonds is 5. The van der Waals surface area contributed by atoms with Crippen LogP contribution in [-0.2, 0) is 9.59 Å². The molecule has 0 fully saturated rings. The molecule has 23 heavy (non-hydrogen) atoms. The molecule has 0 spiro atoms. The molecule has 0 saturated carbocycles. The predicted octanol–water partition coefficient (Wildman–Crippen LogP) is 3.40. The van der Waals surface area contributed by atoms with Crippen molar-refractivity contribution in [3.05, 3.63) is 59.4 Å². The van der Waals surface area contributed by atoms with E-state index in [1.165, 1.54) is 6.08 Å². The number of amides is 1. The molecule has 1 atom stereocenters. The fraction of sp³-hybridized carbons (Fsp3) is 0.222. The van der Waals surface area contributed by atoms with Crippen LogP contribution in [0.15, 0.2) is 42.6 Å². The highest BCUT2D eigenvalue weighted by molar-refractivity contribution is 5.94. The van der Waals surface area contributed by atoms with E-state index in [-0.39, 0.29) is 5.91 Å². The second-order valence-electron chi connectivity index (χ2n) is 5.50. The molecule has 120 valence electrons. The second-order valence-corrected chi connectivity index (χ2v) is 5.50. The number of hydrogen-bond acceptors (Lipinski definition) is 2. The average molecular weight is 312 g/mol. The van der Waals surface area contributed by atoms with Gasteiger partial charge in [0, 0.05) is 23.7 Å². The lowest BCUT2D eigenvalue weighted by molar-refractivity contribution is -0.131. The Kier molecular flexibility index (Phi) is 5.01. The van der Waals surface area contributed by atoms with Crippen LogP contribution >= 0.6 is 0 Å². The molecule has 1 aromatic carbocycles. The van der Waals surface area contributed by atoms with E-state index in [9.17, 15) is 9.59 Å². The zero-order valence-electron chi connectivity index (χ0n) is 13.4.